The molecule has 2 rings (SSSR count). The maximum absolute atomic E-state index is 12.1. The number of hydrogen-bond donors (Lipinski definition) is 2. The molecular formula is C14H25ClN4O2. The lowest BCUT2D eigenvalue weighted by Gasteiger charge is -2.33. The molecule has 1 amide bonds. The first-order chi connectivity index (χ1) is 9.69. The summed E-state index contributed by atoms with van der Waals surface area (Å²) in [6, 6.07) is 2.23. The summed E-state index contributed by atoms with van der Waals surface area (Å²) in [5, 5.41) is 9.93. The molecule has 6 nitrogen and oxygen atoms in total. The van der Waals surface area contributed by atoms with E-state index < -0.39 is 0 Å². The summed E-state index contributed by atoms with van der Waals surface area (Å²) in [6.45, 7) is 7.40. The fraction of sp³-hybridized carbons (Fsp3) is 0.714. The van der Waals surface area contributed by atoms with Crippen LogP contribution in [0, 0.1) is 6.92 Å². The number of halogens is 1. The SMILES string of the molecule is CCCN(CC(=O)Nc1cc(C)on1)C1CCNCC1.Cl. The summed E-state index contributed by atoms with van der Waals surface area (Å²) < 4.78 is 4.95. The van der Waals surface area contributed by atoms with Crippen molar-refractivity contribution in [1.82, 2.24) is 15.4 Å². The smallest absolute Gasteiger partial charge is 0.239 e. The zero-order chi connectivity index (χ0) is 14.4. The molecule has 1 fully saturated rings. The highest BCUT2D eigenvalue weighted by molar-refractivity contribution is 5.91. The predicted octanol–water partition coefficient (Wildman–Crippen LogP) is 1.81. The predicted molar refractivity (Wildman–Crippen MR) is 84.9 cm³/mol. The third-order valence-electron chi connectivity index (χ3n) is 3.58. The number of nitrogens with zero attached hydrogens (tertiary/aromatic N) is 2. The second-order valence-electron chi connectivity index (χ2n) is 5.32. The molecule has 1 saturated heterocycles. The molecule has 1 aliphatic rings. The fourth-order valence-electron chi connectivity index (χ4n) is 2.64. The topological polar surface area (TPSA) is 70.4 Å². The molecule has 0 aromatic carbocycles. The highest BCUT2D eigenvalue weighted by atomic mass is 35.5. The molecular weight excluding hydrogens is 292 g/mol. The Kier molecular flexibility index (Phi) is 7.71. The Balaban J connectivity index is 0.00000220. The largest absolute Gasteiger partial charge is 0.360 e. The first-order valence-corrected chi connectivity index (χ1v) is 7.37. The van der Waals surface area contributed by atoms with Crippen molar-refractivity contribution in [3.05, 3.63) is 11.8 Å². The zero-order valence-corrected chi connectivity index (χ0v) is 13.5. The van der Waals surface area contributed by atoms with Crippen LogP contribution in [0.25, 0.3) is 0 Å². The summed E-state index contributed by atoms with van der Waals surface area (Å²) in [5.41, 5.74) is 0. The van der Waals surface area contributed by atoms with Crippen molar-refractivity contribution < 1.29 is 9.32 Å². The minimum Gasteiger partial charge on any atom is -0.360 e. The molecule has 2 N–H and O–H groups in total. The van der Waals surface area contributed by atoms with Crippen LogP contribution in [-0.2, 0) is 4.79 Å². The summed E-state index contributed by atoms with van der Waals surface area (Å²) >= 11 is 0. The monoisotopic (exact) mass is 316 g/mol. The van der Waals surface area contributed by atoms with E-state index in [1.54, 1.807) is 13.0 Å². The lowest BCUT2D eigenvalue weighted by Crippen LogP contribution is -2.46. The van der Waals surface area contributed by atoms with E-state index >= 15 is 0 Å². The number of carbonyl (C=O) groups excluding carboxylic acids is 1. The van der Waals surface area contributed by atoms with Crippen LogP contribution in [0.2, 0.25) is 0 Å². The van der Waals surface area contributed by atoms with Gasteiger partial charge in [-0.25, -0.2) is 0 Å². The third-order valence-corrected chi connectivity index (χ3v) is 3.58. The summed E-state index contributed by atoms with van der Waals surface area (Å²) in [6.07, 6.45) is 3.27. The van der Waals surface area contributed by atoms with Crippen molar-refractivity contribution in [2.24, 2.45) is 0 Å². The molecule has 0 aliphatic carbocycles. The van der Waals surface area contributed by atoms with E-state index in [-0.39, 0.29) is 18.3 Å². The van der Waals surface area contributed by atoms with Gasteiger partial charge in [-0.2, -0.15) is 0 Å². The Morgan fingerprint density at radius 1 is 1.52 bits per heavy atom. The number of amides is 1. The summed E-state index contributed by atoms with van der Waals surface area (Å²) in [4.78, 5) is 14.4. The number of piperidine rings is 1. The van der Waals surface area contributed by atoms with Crippen molar-refractivity contribution in [2.75, 3.05) is 31.5 Å². The van der Waals surface area contributed by atoms with Crippen LogP contribution in [-0.4, -0.2) is 48.2 Å². The first kappa shape index (κ1) is 17.9. The van der Waals surface area contributed by atoms with Crippen LogP contribution in [0.5, 0.6) is 0 Å². The quantitative estimate of drug-likeness (QED) is 0.837. The van der Waals surface area contributed by atoms with Crippen molar-refractivity contribution in [3.63, 3.8) is 0 Å². The molecule has 0 bridgehead atoms. The van der Waals surface area contributed by atoms with Crippen LogP contribution < -0.4 is 10.6 Å². The first-order valence-electron chi connectivity index (χ1n) is 7.37. The molecule has 0 atom stereocenters. The maximum atomic E-state index is 12.1. The standard InChI is InChI=1S/C14H24N4O2.ClH/c1-3-8-18(12-4-6-15-7-5-12)10-14(19)16-13-9-11(2)20-17-13;/h9,12,15H,3-8,10H2,1-2H3,(H,16,17,19);1H. The number of nitrogens with one attached hydrogen (secondary N) is 2. The summed E-state index contributed by atoms with van der Waals surface area (Å²) in [7, 11) is 0. The van der Waals surface area contributed by atoms with Gasteiger partial charge in [-0.3, -0.25) is 9.69 Å². The van der Waals surface area contributed by atoms with Crippen LogP contribution >= 0.6 is 12.4 Å². The molecule has 0 radical (unpaired) electrons. The Bertz CT molecular complexity index is 432. The van der Waals surface area contributed by atoms with Gasteiger partial charge < -0.3 is 15.2 Å². The number of carbonyl (C=O) groups is 1. The van der Waals surface area contributed by atoms with Gasteiger partial charge in [-0.05, 0) is 45.8 Å². The average molecular weight is 317 g/mol. The fourth-order valence-corrected chi connectivity index (χ4v) is 2.64. The van der Waals surface area contributed by atoms with Crippen molar-refractivity contribution >= 4 is 24.1 Å². The van der Waals surface area contributed by atoms with E-state index in [0.717, 1.165) is 38.9 Å². The van der Waals surface area contributed by atoms with Gasteiger partial charge in [-0.1, -0.05) is 12.1 Å². The number of rotatable bonds is 6. The molecule has 2 heterocycles. The molecule has 1 aromatic rings. The van der Waals surface area contributed by atoms with E-state index in [0.29, 0.717) is 24.2 Å². The Morgan fingerprint density at radius 2 is 2.24 bits per heavy atom. The molecule has 0 unspecified atom stereocenters. The molecule has 0 spiro atoms. The van der Waals surface area contributed by atoms with Gasteiger partial charge in [0.05, 0.1) is 6.54 Å². The number of aryl methyl sites for hydroxylation is 1. The van der Waals surface area contributed by atoms with Crippen LogP contribution in [0.15, 0.2) is 10.6 Å². The average Bonchev–Trinajstić information content (AvgIpc) is 2.84. The van der Waals surface area contributed by atoms with Gasteiger partial charge in [0.2, 0.25) is 5.91 Å². The van der Waals surface area contributed by atoms with Gasteiger partial charge in [0.25, 0.3) is 0 Å². The molecule has 1 aliphatic heterocycles. The van der Waals surface area contributed by atoms with Gasteiger partial charge >= 0.3 is 0 Å². The van der Waals surface area contributed by atoms with Crippen molar-refractivity contribution in [2.45, 2.75) is 39.2 Å². The van der Waals surface area contributed by atoms with E-state index in [9.17, 15) is 4.79 Å². The van der Waals surface area contributed by atoms with Gasteiger partial charge in [0.1, 0.15) is 5.76 Å². The second kappa shape index (κ2) is 9.02. The third kappa shape index (κ3) is 5.65. The normalized spacial score (nSPS) is 15.8. The van der Waals surface area contributed by atoms with E-state index in [4.69, 9.17) is 4.52 Å². The lowest BCUT2D eigenvalue weighted by molar-refractivity contribution is -0.118. The molecule has 7 heteroatoms. The van der Waals surface area contributed by atoms with Gasteiger partial charge in [-0.15, -0.1) is 12.4 Å². The maximum Gasteiger partial charge on any atom is 0.239 e. The highest BCUT2D eigenvalue weighted by Crippen LogP contribution is 2.13. The molecule has 21 heavy (non-hydrogen) atoms. The lowest BCUT2D eigenvalue weighted by atomic mass is 10.0. The van der Waals surface area contributed by atoms with E-state index in [1.165, 1.54) is 0 Å². The van der Waals surface area contributed by atoms with E-state index in [1.807, 2.05) is 0 Å². The number of anilines is 1. The Morgan fingerprint density at radius 3 is 2.81 bits per heavy atom. The van der Waals surface area contributed by atoms with Gasteiger partial charge in [0, 0.05) is 12.1 Å². The molecule has 120 valence electrons. The number of hydrogen-bond acceptors (Lipinski definition) is 5. The Labute approximate surface area is 132 Å². The van der Waals surface area contributed by atoms with Crippen LogP contribution in [0.1, 0.15) is 31.9 Å². The summed E-state index contributed by atoms with van der Waals surface area (Å²) in [5.74, 6) is 1.17. The van der Waals surface area contributed by atoms with Crippen molar-refractivity contribution in [3.8, 4) is 0 Å². The number of aromatic nitrogens is 1. The zero-order valence-electron chi connectivity index (χ0n) is 12.7. The minimum absolute atomic E-state index is 0. The van der Waals surface area contributed by atoms with Crippen LogP contribution in [0.4, 0.5) is 5.82 Å². The molecule has 0 saturated carbocycles. The van der Waals surface area contributed by atoms with E-state index in [2.05, 4.69) is 27.6 Å². The van der Waals surface area contributed by atoms with Crippen molar-refractivity contribution in [1.29, 1.82) is 0 Å². The minimum atomic E-state index is -0.0229. The highest BCUT2D eigenvalue weighted by Gasteiger charge is 2.22. The second-order valence-corrected chi connectivity index (χ2v) is 5.32. The van der Waals surface area contributed by atoms with Gasteiger partial charge in [0.15, 0.2) is 5.82 Å². The van der Waals surface area contributed by atoms with Crippen LogP contribution in [0.3, 0.4) is 0 Å². The molecule has 1 aromatic heterocycles. The Hall–Kier alpha value is -1.11.